The van der Waals surface area contributed by atoms with Gasteiger partial charge in [-0.2, -0.15) is 5.10 Å². The van der Waals surface area contributed by atoms with Crippen LogP contribution in [-0.2, 0) is 11.8 Å². The first-order valence-electron chi connectivity index (χ1n) is 8.80. The molecule has 4 rings (SSSR count). The molecule has 148 valence electrons. The summed E-state index contributed by atoms with van der Waals surface area (Å²) in [4.78, 5) is 19.1. The Balaban J connectivity index is 1.48. The van der Waals surface area contributed by atoms with Crippen LogP contribution in [0.2, 0.25) is 0 Å². The maximum absolute atomic E-state index is 12.8. The van der Waals surface area contributed by atoms with E-state index in [9.17, 15) is 4.79 Å². The minimum absolute atomic E-state index is 0.162. The standard InChI is InChI=1S/C19H18N6OS3/c1-12(25-16(22-23-18(25)27)15-4-3-11-28-15)17(26)21-13-5-7-14(8-6-13)29-19-20-9-10-24(19)2/h3-12H,1-2H3,(H,21,26)(H,23,27). The lowest BCUT2D eigenvalue weighted by Gasteiger charge is -2.15. The van der Waals surface area contributed by atoms with E-state index >= 15 is 0 Å². The van der Waals surface area contributed by atoms with Crippen molar-refractivity contribution in [3.05, 3.63) is 58.9 Å². The largest absolute Gasteiger partial charge is 0.329 e. The van der Waals surface area contributed by atoms with Gasteiger partial charge < -0.3 is 9.88 Å². The molecule has 1 unspecified atom stereocenters. The third kappa shape index (κ3) is 4.19. The van der Waals surface area contributed by atoms with Crippen LogP contribution in [0, 0.1) is 4.77 Å². The average Bonchev–Trinajstić information content (AvgIpc) is 3.45. The highest BCUT2D eigenvalue weighted by Crippen LogP contribution is 2.28. The van der Waals surface area contributed by atoms with Gasteiger partial charge in [-0.3, -0.25) is 14.5 Å². The lowest BCUT2D eigenvalue weighted by atomic mass is 10.2. The van der Waals surface area contributed by atoms with Crippen LogP contribution in [0.15, 0.2) is 64.2 Å². The smallest absolute Gasteiger partial charge is 0.247 e. The number of carbonyl (C=O) groups is 1. The lowest BCUT2D eigenvalue weighted by molar-refractivity contribution is -0.118. The molecule has 3 aromatic heterocycles. The van der Waals surface area contributed by atoms with Crippen molar-refractivity contribution in [2.24, 2.45) is 7.05 Å². The van der Waals surface area contributed by atoms with Crippen molar-refractivity contribution in [2.45, 2.75) is 23.0 Å². The molecule has 1 atom stereocenters. The predicted molar refractivity (Wildman–Crippen MR) is 118 cm³/mol. The molecule has 0 bridgehead atoms. The van der Waals surface area contributed by atoms with Crippen LogP contribution < -0.4 is 5.32 Å². The van der Waals surface area contributed by atoms with Gasteiger partial charge >= 0.3 is 0 Å². The molecule has 10 heteroatoms. The number of anilines is 1. The fourth-order valence-electron chi connectivity index (χ4n) is 2.77. The molecule has 1 aromatic carbocycles. The number of rotatable bonds is 6. The zero-order chi connectivity index (χ0) is 20.4. The maximum Gasteiger partial charge on any atom is 0.247 e. The van der Waals surface area contributed by atoms with Gasteiger partial charge in [-0.15, -0.1) is 11.3 Å². The van der Waals surface area contributed by atoms with Gasteiger partial charge in [0, 0.05) is 30.0 Å². The van der Waals surface area contributed by atoms with E-state index in [0.29, 0.717) is 10.6 Å². The van der Waals surface area contributed by atoms with E-state index in [2.05, 4.69) is 20.5 Å². The number of hydrogen-bond acceptors (Lipinski definition) is 6. The SMILES string of the molecule is CC(C(=O)Nc1ccc(Sc2nccn2C)cc1)n1c(-c2cccs2)n[nH]c1=S. The third-order valence-corrected chi connectivity index (χ3v) is 6.56. The van der Waals surface area contributed by atoms with Crippen LogP contribution in [0.25, 0.3) is 10.7 Å². The van der Waals surface area contributed by atoms with Gasteiger partial charge in [0.1, 0.15) is 6.04 Å². The zero-order valence-corrected chi connectivity index (χ0v) is 18.1. The molecule has 29 heavy (non-hydrogen) atoms. The van der Waals surface area contributed by atoms with E-state index in [1.54, 1.807) is 33.9 Å². The van der Waals surface area contributed by atoms with Crippen LogP contribution in [0.1, 0.15) is 13.0 Å². The summed E-state index contributed by atoms with van der Waals surface area (Å²) in [5.74, 6) is 0.499. The number of hydrogen-bond donors (Lipinski definition) is 2. The van der Waals surface area contributed by atoms with Crippen molar-refractivity contribution in [3.63, 3.8) is 0 Å². The van der Waals surface area contributed by atoms with Crippen LogP contribution in [0.5, 0.6) is 0 Å². The summed E-state index contributed by atoms with van der Waals surface area (Å²) < 4.78 is 4.11. The van der Waals surface area contributed by atoms with E-state index in [0.717, 1.165) is 20.6 Å². The molecule has 0 fully saturated rings. The highest BCUT2D eigenvalue weighted by Gasteiger charge is 2.21. The van der Waals surface area contributed by atoms with E-state index < -0.39 is 6.04 Å². The Morgan fingerprint density at radius 2 is 2.10 bits per heavy atom. The first kappa shape index (κ1) is 19.6. The van der Waals surface area contributed by atoms with Crippen molar-refractivity contribution in [1.82, 2.24) is 24.3 Å². The Labute approximate surface area is 180 Å². The Morgan fingerprint density at radius 1 is 1.31 bits per heavy atom. The van der Waals surface area contributed by atoms with Crippen LogP contribution in [0.3, 0.4) is 0 Å². The summed E-state index contributed by atoms with van der Waals surface area (Å²) in [5, 5.41) is 12.9. The second-order valence-electron chi connectivity index (χ2n) is 6.31. The highest BCUT2D eigenvalue weighted by molar-refractivity contribution is 7.99. The summed E-state index contributed by atoms with van der Waals surface area (Å²) in [7, 11) is 1.96. The Kier molecular flexibility index (Phi) is 5.65. The molecule has 2 N–H and O–H groups in total. The Bertz CT molecular complexity index is 1170. The number of benzene rings is 1. The Hall–Kier alpha value is -2.69. The quantitative estimate of drug-likeness (QED) is 0.421. The van der Waals surface area contributed by atoms with Gasteiger partial charge in [0.25, 0.3) is 0 Å². The van der Waals surface area contributed by atoms with Gasteiger partial charge in [0.15, 0.2) is 15.8 Å². The van der Waals surface area contributed by atoms with Crippen LogP contribution in [0.4, 0.5) is 5.69 Å². The van der Waals surface area contributed by atoms with Crippen molar-refractivity contribution in [2.75, 3.05) is 5.32 Å². The molecule has 3 heterocycles. The molecular formula is C19H18N6OS3. The molecule has 0 aliphatic rings. The fraction of sp³-hybridized carbons (Fsp3) is 0.158. The van der Waals surface area contributed by atoms with Crippen molar-refractivity contribution in [3.8, 4) is 10.7 Å². The number of amides is 1. The van der Waals surface area contributed by atoms with E-state index in [1.807, 2.05) is 66.5 Å². The zero-order valence-electron chi connectivity index (χ0n) is 15.7. The van der Waals surface area contributed by atoms with Crippen LogP contribution >= 0.6 is 35.3 Å². The molecular weight excluding hydrogens is 424 g/mol. The maximum atomic E-state index is 12.8. The minimum atomic E-state index is -0.514. The summed E-state index contributed by atoms with van der Waals surface area (Å²) in [6.07, 6.45) is 3.67. The van der Waals surface area contributed by atoms with E-state index in [4.69, 9.17) is 12.2 Å². The molecule has 7 nitrogen and oxygen atoms in total. The number of imidazole rings is 1. The Morgan fingerprint density at radius 3 is 2.76 bits per heavy atom. The molecule has 0 radical (unpaired) electrons. The van der Waals surface area contributed by atoms with E-state index in [-0.39, 0.29) is 5.91 Å². The van der Waals surface area contributed by atoms with Crippen molar-refractivity contribution >= 4 is 46.9 Å². The monoisotopic (exact) mass is 442 g/mol. The van der Waals surface area contributed by atoms with E-state index in [1.165, 1.54) is 0 Å². The van der Waals surface area contributed by atoms with Crippen LogP contribution in [-0.4, -0.2) is 30.2 Å². The number of aromatic amines is 1. The molecule has 4 aromatic rings. The summed E-state index contributed by atoms with van der Waals surface area (Å²) in [6, 6.07) is 11.1. The lowest BCUT2D eigenvalue weighted by Crippen LogP contribution is -2.24. The number of aryl methyl sites for hydroxylation is 1. The highest BCUT2D eigenvalue weighted by atomic mass is 32.2. The summed E-state index contributed by atoms with van der Waals surface area (Å²) >= 11 is 8.46. The van der Waals surface area contributed by atoms with Gasteiger partial charge in [-0.25, -0.2) is 4.98 Å². The molecule has 0 aliphatic heterocycles. The molecule has 0 saturated heterocycles. The van der Waals surface area contributed by atoms with Gasteiger partial charge in [-0.1, -0.05) is 17.8 Å². The van der Waals surface area contributed by atoms with Crippen molar-refractivity contribution < 1.29 is 4.79 Å². The predicted octanol–water partition coefficient (Wildman–Crippen LogP) is 4.75. The first-order valence-corrected chi connectivity index (χ1v) is 10.9. The summed E-state index contributed by atoms with van der Waals surface area (Å²) in [5.41, 5.74) is 0.721. The molecule has 0 spiro atoms. The number of thiophene rings is 1. The summed E-state index contributed by atoms with van der Waals surface area (Å²) in [6.45, 7) is 1.81. The van der Waals surface area contributed by atoms with Gasteiger partial charge in [-0.05, 0) is 54.9 Å². The second-order valence-corrected chi connectivity index (χ2v) is 8.69. The average molecular weight is 443 g/mol. The second kappa shape index (κ2) is 8.36. The molecule has 0 aliphatic carbocycles. The third-order valence-electron chi connectivity index (χ3n) is 4.32. The number of H-pyrrole nitrogens is 1. The molecule has 1 amide bonds. The van der Waals surface area contributed by atoms with Gasteiger partial charge in [0.05, 0.1) is 4.88 Å². The normalized spacial score (nSPS) is 12.1. The van der Waals surface area contributed by atoms with Gasteiger partial charge in [0.2, 0.25) is 5.91 Å². The number of carbonyl (C=O) groups excluding carboxylic acids is 1. The topological polar surface area (TPSA) is 80.5 Å². The number of aromatic nitrogens is 5. The minimum Gasteiger partial charge on any atom is -0.329 e. The first-order chi connectivity index (χ1) is 14.0. The number of nitrogens with one attached hydrogen (secondary N) is 2. The molecule has 0 saturated carbocycles. The van der Waals surface area contributed by atoms with Crippen molar-refractivity contribution in [1.29, 1.82) is 0 Å². The fourth-order valence-corrected chi connectivity index (χ4v) is 4.57. The number of nitrogens with zero attached hydrogens (tertiary/aromatic N) is 4.